The lowest BCUT2D eigenvalue weighted by atomic mass is 10.0. The van der Waals surface area contributed by atoms with Crippen LogP contribution in [0.25, 0.3) is 0 Å². The number of piperidine rings is 1. The first-order chi connectivity index (χ1) is 10.2. The molecule has 1 N–H and O–H groups in total. The zero-order valence-electron chi connectivity index (χ0n) is 11.5. The molecule has 0 aromatic carbocycles. The molecule has 1 fully saturated rings. The number of likely N-dealkylation sites (tertiary alicyclic amines) is 1. The number of hydrogen-bond acceptors (Lipinski definition) is 4. The van der Waals surface area contributed by atoms with Crippen molar-refractivity contribution in [2.75, 3.05) is 13.1 Å². The van der Waals surface area contributed by atoms with E-state index in [0.29, 0.717) is 24.4 Å². The molecule has 0 spiro atoms. The molecule has 0 saturated carbocycles. The van der Waals surface area contributed by atoms with Crippen LogP contribution in [0.2, 0.25) is 0 Å². The summed E-state index contributed by atoms with van der Waals surface area (Å²) in [5.41, 5.74) is 0.518. The van der Waals surface area contributed by atoms with Gasteiger partial charge in [0.25, 0.3) is 11.8 Å². The minimum absolute atomic E-state index is 0.0769. The van der Waals surface area contributed by atoms with Gasteiger partial charge in [-0.2, -0.15) is 0 Å². The Morgan fingerprint density at radius 1 is 1.19 bits per heavy atom. The summed E-state index contributed by atoms with van der Waals surface area (Å²) in [5, 5.41) is 2.96. The lowest BCUT2D eigenvalue weighted by molar-refractivity contribution is 0.0667. The molecule has 1 aliphatic heterocycles. The summed E-state index contributed by atoms with van der Waals surface area (Å²) in [4.78, 5) is 25.8. The van der Waals surface area contributed by atoms with Crippen molar-refractivity contribution in [1.82, 2.24) is 10.2 Å². The maximum absolute atomic E-state index is 12.1. The lowest BCUT2D eigenvalue weighted by Crippen LogP contribution is -2.46. The van der Waals surface area contributed by atoms with Crippen LogP contribution in [-0.2, 0) is 0 Å². The van der Waals surface area contributed by atoms with Gasteiger partial charge in [0.15, 0.2) is 5.76 Å². The van der Waals surface area contributed by atoms with Crippen LogP contribution in [-0.4, -0.2) is 35.8 Å². The van der Waals surface area contributed by atoms with Gasteiger partial charge in [-0.3, -0.25) is 9.59 Å². The summed E-state index contributed by atoms with van der Waals surface area (Å²) < 4.78 is 10.0. The molecule has 0 radical (unpaired) electrons. The van der Waals surface area contributed by atoms with E-state index in [-0.39, 0.29) is 17.9 Å². The highest BCUT2D eigenvalue weighted by Gasteiger charge is 2.26. The van der Waals surface area contributed by atoms with Gasteiger partial charge in [-0.05, 0) is 31.0 Å². The molecule has 3 rings (SSSR count). The molecule has 2 aromatic rings. The van der Waals surface area contributed by atoms with Gasteiger partial charge < -0.3 is 19.1 Å². The molecular formula is C15H16N2O4. The second kappa shape index (κ2) is 5.87. The second-order valence-electron chi connectivity index (χ2n) is 5.03. The van der Waals surface area contributed by atoms with E-state index in [4.69, 9.17) is 8.83 Å². The van der Waals surface area contributed by atoms with Gasteiger partial charge in [-0.1, -0.05) is 0 Å². The molecule has 2 aromatic heterocycles. The normalized spacial score (nSPS) is 15.9. The highest BCUT2D eigenvalue weighted by atomic mass is 16.3. The van der Waals surface area contributed by atoms with Crippen molar-refractivity contribution in [2.45, 2.75) is 18.9 Å². The van der Waals surface area contributed by atoms with E-state index >= 15 is 0 Å². The highest BCUT2D eigenvalue weighted by molar-refractivity contribution is 5.94. The third kappa shape index (κ3) is 2.99. The number of rotatable bonds is 3. The van der Waals surface area contributed by atoms with Crippen LogP contribution in [0.15, 0.2) is 45.8 Å². The molecule has 6 heteroatoms. The van der Waals surface area contributed by atoms with Crippen molar-refractivity contribution in [3.05, 3.63) is 48.3 Å². The quantitative estimate of drug-likeness (QED) is 0.936. The van der Waals surface area contributed by atoms with Gasteiger partial charge in [0, 0.05) is 19.1 Å². The molecule has 0 unspecified atom stereocenters. The number of nitrogens with zero attached hydrogens (tertiary/aromatic N) is 1. The molecule has 0 bridgehead atoms. The molecule has 6 nitrogen and oxygen atoms in total. The minimum atomic E-state index is -0.139. The van der Waals surface area contributed by atoms with Gasteiger partial charge in [0.1, 0.15) is 6.26 Å². The van der Waals surface area contributed by atoms with E-state index in [0.717, 1.165) is 12.8 Å². The van der Waals surface area contributed by atoms with Crippen LogP contribution in [0, 0.1) is 0 Å². The van der Waals surface area contributed by atoms with E-state index < -0.39 is 0 Å². The summed E-state index contributed by atoms with van der Waals surface area (Å²) in [6.07, 6.45) is 5.85. The SMILES string of the molecule is O=C(NC1CCN(C(=O)c2ccco2)CC1)c1ccoc1. The van der Waals surface area contributed by atoms with Crippen molar-refractivity contribution < 1.29 is 18.4 Å². The van der Waals surface area contributed by atoms with Gasteiger partial charge >= 0.3 is 0 Å². The number of hydrogen-bond donors (Lipinski definition) is 1. The Morgan fingerprint density at radius 3 is 2.62 bits per heavy atom. The summed E-state index contributed by atoms with van der Waals surface area (Å²) >= 11 is 0. The van der Waals surface area contributed by atoms with Gasteiger partial charge in [-0.15, -0.1) is 0 Å². The molecular weight excluding hydrogens is 272 g/mol. The molecule has 1 saturated heterocycles. The number of carbonyl (C=O) groups is 2. The fraction of sp³-hybridized carbons (Fsp3) is 0.333. The molecule has 1 aliphatic rings. The Labute approximate surface area is 121 Å². The molecule has 21 heavy (non-hydrogen) atoms. The van der Waals surface area contributed by atoms with Crippen LogP contribution in [0.4, 0.5) is 0 Å². The first-order valence-corrected chi connectivity index (χ1v) is 6.90. The van der Waals surface area contributed by atoms with Crippen LogP contribution < -0.4 is 5.32 Å². The highest BCUT2D eigenvalue weighted by Crippen LogP contribution is 2.15. The molecule has 2 amide bonds. The Bertz CT molecular complexity index is 596. The van der Waals surface area contributed by atoms with E-state index in [9.17, 15) is 9.59 Å². The predicted octanol–water partition coefficient (Wildman–Crippen LogP) is 1.91. The minimum Gasteiger partial charge on any atom is -0.472 e. The predicted molar refractivity (Wildman–Crippen MR) is 73.8 cm³/mol. The largest absolute Gasteiger partial charge is 0.472 e. The third-order valence-electron chi connectivity index (χ3n) is 3.63. The lowest BCUT2D eigenvalue weighted by Gasteiger charge is -2.31. The smallest absolute Gasteiger partial charge is 0.289 e. The van der Waals surface area contributed by atoms with Gasteiger partial charge in [0.05, 0.1) is 18.1 Å². The maximum atomic E-state index is 12.1. The summed E-state index contributed by atoms with van der Waals surface area (Å²) in [7, 11) is 0. The Balaban J connectivity index is 1.51. The van der Waals surface area contributed by atoms with E-state index in [1.165, 1.54) is 18.8 Å². The average Bonchev–Trinajstić information content (AvgIpc) is 3.20. The Morgan fingerprint density at radius 2 is 2.00 bits per heavy atom. The zero-order valence-corrected chi connectivity index (χ0v) is 11.5. The topological polar surface area (TPSA) is 75.7 Å². The van der Waals surface area contributed by atoms with E-state index in [2.05, 4.69) is 5.32 Å². The average molecular weight is 288 g/mol. The maximum Gasteiger partial charge on any atom is 0.289 e. The van der Waals surface area contributed by atoms with E-state index in [1.807, 2.05) is 0 Å². The molecule has 0 atom stereocenters. The van der Waals surface area contributed by atoms with Crippen molar-refractivity contribution in [1.29, 1.82) is 0 Å². The number of nitrogens with one attached hydrogen (secondary N) is 1. The fourth-order valence-corrected chi connectivity index (χ4v) is 2.45. The Kier molecular flexibility index (Phi) is 3.77. The first kappa shape index (κ1) is 13.5. The monoisotopic (exact) mass is 288 g/mol. The van der Waals surface area contributed by atoms with Crippen molar-refractivity contribution in [2.24, 2.45) is 0 Å². The number of amides is 2. The summed E-state index contributed by atoms with van der Waals surface area (Å²) in [5.74, 6) is 0.120. The standard InChI is InChI=1S/C15H16N2O4/c18-14(11-5-9-20-10-11)16-12-3-6-17(7-4-12)15(19)13-2-1-8-21-13/h1-2,5,8-10,12H,3-4,6-7H2,(H,16,18). The Hall–Kier alpha value is -2.50. The van der Waals surface area contributed by atoms with Gasteiger partial charge in [0.2, 0.25) is 0 Å². The third-order valence-corrected chi connectivity index (χ3v) is 3.63. The van der Waals surface area contributed by atoms with Crippen LogP contribution in [0.3, 0.4) is 0 Å². The first-order valence-electron chi connectivity index (χ1n) is 6.90. The molecule has 3 heterocycles. The summed E-state index contributed by atoms with van der Waals surface area (Å²) in [6.45, 7) is 1.21. The summed E-state index contributed by atoms with van der Waals surface area (Å²) in [6, 6.07) is 5.07. The van der Waals surface area contributed by atoms with Crippen molar-refractivity contribution in [3.8, 4) is 0 Å². The van der Waals surface area contributed by atoms with Crippen molar-refractivity contribution >= 4 is 11.8 Å². The number of carbonyl (C=O) groups excluding carboxylic acids is 2. The van der Waals surface area contributed by atoms with Crippen molar-refractivity contribution in [3.63, 3.8) is 0 Å². The van der Waals surface area contributed by atoms with Crippen LogP contribution >= 0.6 is 0 Å². The fourth-order valence-electron chi connectivity index (χ4n) is 2.45. The van der Waals surface area contributed by atoms with Gasteiger partial charge in [-0.25, -0.2) is 0 Å². The van der Waals surface area contributed by atoms with Crippen LogP contribution in [0.1, 0.15) is 33.8 Å². The zero-order chi connectivity index (χ0) is 14.7. The second-order valence-corrected chi connectivity index (χ2v) is 5.03. The number of furan rings is 2. The molecule has 0 aliphatic carbocycles. The molecule has 110 valence electrons. The van der Waals surface area contributed by atoms with E-state index in [1.54, 1.807) is 23.1 Å². The van der Waals surface area contributed by atoms with Crippen LogP contribution in [0.5, 0.6) is 0 Å².